The maximum absolute atomic E-state index is 12.2. The summed E-state index contributed by atoms with van der Waals surface area (Å²) >= 11 is 0. The Morgan fingerprint density at radius 1 is 1.39 bits per heavy atom. The van der Waals surface area contributed by atoms with Crippen LogP contribution in [0.5, 0.6) is 0 Å². The number of hydrogen-bond donors (Lipinski definition) is 1. The lowest BCUT2D eigenvalue weighted by molar-refractivity contribution is -0.137. The van der Waals surface area contributed by atoms with Gasteiger partial charge >= 0.3 is 5.97 Å². The van der Waals surface area contributed by atoms with Gasteiger partial charge in [-0.1, -0.05) is 6.07 Å². The van der Waals surface area contributed by atoms with Gasteiger partial charge in [-0.25, -0.2) is 0 Å². The summed E-state index contributed by atoms with van der Waals surface area (Å²) in [5.41, 5.74) is 0.390. The molecule has 5 nitrogen and oxygen atoms in total. The normalized spacial score (nSPS) is 10.4. The summed E-state index contributed by atoms with van der Waals surface area (Å²) in [6.45, 7) is 4.24. The number of nitrogens with zero attached hydrogens (tertiary/aromatic N) is 2. The second-order valence-corrected chi connectivity index (χ2v) is 4.30. The average Bonchev–Trinajstić information content (AvgIpc) is 2.34. The molecule has 0 aliphatic heterocycles. The van der Waals surface area contributed by atoms with Crippen LogP contribution < -0.4 is 0 Å². The zero-order valence-corrected chi connectivity index (χ0v) is 10.7. The van der Waals surface area contributed by atoms with Crippen molar-refractivity contribution in [3.05, 3.63) is 30.1 Å². The monoisotopic (exact) mass is 250 g/mol. The largest absolute Gasteiger partial charge is 0.481 e. The first-order chi connectivity index (χ1) is 8.52. The Bertz CT molecular complexity index is 404. The number of carbonyl (C=O) groups excluding carboxylic acids is 1. The van der Waals surface area contributed by atoms with Crippen molar-refractivity contribution >= 4 is 11.9 Å². The summed E-state index contributed by atoms with van der Waals surface area (Å²) in [5.74, 6) is -1.00. The molecule has 0 saturated carbocycles. The number of hydrogen-bond acceptors (Lipinski definition) is 3. The molecule has 5 heteroatoms. The average molecular weight is 250 g/mol. The molecule has 98 valence electrons. The number of aliphatic carboxylic acids is 1. The molecular formula is C13H18N2O3. The van der Waals surface area contributed by atoms with Gasteiger partial charge in [0.25, 0.3) is 5.91 Å². The number of amides is 1. The van der Waals surface area contributed by atoms with E-state index < -0.39 is 5.97 Å². The molecular weight excluding hydrogens is 232 g/mol. The van der Waals surface area contributed by atoms with E-state index in [-0.39, 0.29) is 18.4 Å². The van der Waals surface area contributed by atoms with Crippen LogP contribution in [0, 0.1) is 0 Å². The smallest absolute Gasteiger partial charge is 0.303 e. The molecule has 0 atom stereocenters. The van der Waals surface area contributed by atoms with Crippen LogP contribution in [-0.4, -0.2) is 39.5 Å². The number of pyridine rings is 1. The van der Waals surface area contributed by atoms with Gasteiger partial charge in [-0.05, 0) is 32.4 Å². The summed E-state index contributed by atoms with van der Waals surface area (Å²) in [6.07, 6.45) is 2.09. The minimum Gasteiger partial charge on any atom is -0.481 e. The number of aromatic nitrogens is 1. The van der Waals surface area contributed by atoms with Crippen LogP contribution in [-0.2, 0) is 4.79 Å². The fraction of sp³-hybridized carbons (Fsp3) is 0.462. The van der Waals surface area contributed by atoms with Crippen molar-refractivity contribution in [2.24, 2.45) is 0 Å². The van der Waals surface area contributed by atoms with Gasteiger partial charge in [0.1, 0.15) is 5.69 Å². The van der Waals surface area contributed by atoms with Crippen molar-refractivity contribution in [1.29, 1.82) is 0 Å². The molecule has 0 spiro atoms. The van der Waals surface area contributed by atoms with Crippen molar-refractivity contribution in [3.63, 3.8) is 0 Å². The van der Waals surface area contributed by atoms with E-state index >= 15 is 0 Å². The lowest BCUT2D eigenvalue weighted by Gasteiger charge is -2.26. The minimum absolute atomic E-state index is 0.0216. The molecule has 0 aliphatic carbocycles. The second kappa shape index (κ2) is 6.74. The SMILES string of the molecule is CC(C)N(CCCC(=O)O)C(=O)c1ccccn1. The van der Waals surface area contributed by atoms with Crippen LogP contribution >= 0.6 is 0 Å². The predicted molar refractivity (Wildman–Crippen MR) is 67.3 cm³/mol. The zero-order chi connectivity index (χ0) is 13.5. The molecule has 18 heavy (non-hydrogen) atoms. The van der Waals surface area contributed by atoms with Crippen LogP contribution in [0.15, 0.2) is 24.4 Å². The molecule has 1 heterocycles. The Hall–Kier alpha value is -1.91. The van der Waals surface area contributed by atoms with E-state index in [1.165, 1.54) is 0 Å². The highest BCUT2D eigenvalue weighted by atomic mass is 16.4. The molecule has 1 aromatic heterocycles. The maximum atomic E-state index is 12.2. The lowest BCUT2D eigenvalue weighted by Crippen LogP contribution is -2.38. The summed E-state index contributed by atoms with van der Waals surface area (Å²) in [5, 5.41) is 8.60. The highest BCUT2D eigenvalue weighted by Gasteiger charge is 2.19. The van der Waals surface area contributed by atoms with E-state index in [1.807, 2.05) is 13.8 Å². The van der Waals surface area contributed by atoms with Crippen molar-refractivity contribution in [3.8, 4) is 0 Å². The fourth-order valence-corrected chi connectivity index (χ4v) is 1.63. The highest BCUT2D eigenvalue weighted by Crippen LogP contribution is 2.08. The van der Waals surface area contributed by atoms with Crippen LogP contribution in [0.4, 0.5) is 0 Å². The van der Waals surface area contributed by atoms with E-state index in [0.29, 0.717) is 18.7 Å². The van der Waals surface area contributed by atoms with Crippen molar-refractivity contribution in [2.45, 2.75) is 32.7 Å². The third-order valence-electron chi connectivity index (χ3n) is 2.56. The quantitative estimate of drug-likeness (QED) is 0.835. The van der Waals surface area contributed by atoms with Crippen molar-refractivity contribution in [1.82, 2.24) is 9.88 Å². The predicted octanol–water partition coefficient (Wildman–Crippen LogP) is 1.80. The number of carbonyl (C=O) groups is 2. The molecule has 0 aliphatic rings. The first-order valence-corrected chi connectivity index (χ1v) is 5.96. The molecule has 0 saturated heterocycles. The third kappa shape index (κ3) is 4.16. The Kier molecular flexibility index (Phi) is 5.30. The van der Waals surface area contributed by atoms with Gasteiger partial charge in [0.2, 0.25) is 0 Å². The summed E-state index contributed by atoms with van der Waals surface area (Å²) in [4.78, 5) is 28.3. The fourth-order valence-electron chi connectivity index (χ4n) is 1.63. The molecule has 1 aromatic rings. The van der Waals surface area contributed by atoms with Crippen LogP contribution in [0.25, 0.3) is 0 Å². The van der Waals surface area contributed by atoms with E-state index in [9.17, 15) is 9.59 Å². The van der Waals surface area contributed by atoms with Gasteiger partial charge in [-0.2, -0.15) is 0 Å². The van der Waals surface area contributed by atoms with Crippen LogP contribution in [0.2, 0.25) is 0 Å². The van der Waals surface area contributed by atoms with Gasteiger partial charge in [0.05, 0.1) is 0 Å². The summed E-state index contributed by atoms with van der Waals surface area (Å²) < 4.78 is 0. The first-order valence-electron chi connectivity index (χ1n) is 5.96. The van der Waals surface area contributed by atoms with Gasteiger partial charge in [-0.3, -0.25) is 14.6 Å². The highest BCUT2D eigenvalue weighted by molar-refractivity contribution is 5.92. The molecule has 0 unspecified atom stereocenters. The Morgan fingerprint density at radius 2 is 2.11 bits per heavy atom. The van der Waals surface area contributed by atoms with E-state index in [1.54, 1.807) is 29.3 Å². The van der Waals surface area contributed by atoms with E-state index in [2.05, 4.69) is 4.98 Å². The summed E-state index contributed by atoms with van der Waals surface area (Å²) in [7, 11) is 0. The molecule has 0 bridgehead atoms. The number of rotatable bonds is 6. The topological polar surface area (TPSA) is 70.5 Å². The van der Waals surface area contributed by atoms with Crippen LogP contribution in [0.1, 0.15) is 37.2 Å². The second-order valence-electron chi connectivity index (χ2n) is 4.30. The number of carboxylic acids is 1. The molecule has 1 rings (SSSR count). The zero-order valence-electron chi connectivity index (χ0n) is 10.7. The third-order valence-corrected chi connectivity index (χ3v) is 2.56. The molecule has 0 fully saturated rings. The molecule has 0 aromatic carbocycles. The van der Waals surface area contributed by atoms with Gasteiger partial charge in [0.15, 0.2) is 0 Å². The molecule has 1 amide bonds. The maximum Gasteiger partial charge on any atom is 0.303 e. The Morgan fingerprint density at radius 3 is 2.61 bits per heavy atom. The van der Waals surface area contributed by atoms with Crippen molar-refractivity contribution < 1.29 is 14.7 Å². The van der Waals surface area contributed by atoms with Gasteiger partial charge in [-0.15, -0.1) is 0 Å². The number of carboxylic acid groups (broad SMARTS) is 1. The van der Waals surface area contributed by atoms with Gasteiger partial charge < -0.3 is 10.0 Å². The van der Waals surface area contributed by atoms with Crippen molar-refractivity contribution in [2.75, 3.05) is 6.54 Å². The molecule has 1 N–H and O–H groups in total. The summed E-state index contributed by atoms with van der Waals surface area (Å²) in [6, 6.07) is 5.19. The minimum atomic E-state index is -0.844. The van der Waals surface area contributed by atoms with Gasteiger partial charge in [0, 0.05) is 25.2 Å². The van der Waals surface area contributed by atoms with E-state index in [0.717, 1.165) is 0 Å². The molecule has 0 radical (unpaired) electrons. The first kappa shape index (κ1) is 14.2. The Labute approximate surface area is 106 Å². The van der Waals surface area contributed by atoms with Crippen LogP contribution in [0.3, 0.4) is 0 Å². The lowest BCUT2D eigenvalue weighted by atomic mass is 10.2. The standard InChI is InChI=1S/C13H18N2O3/c1-10(2)15(9-5-7-12(16)17)13(18)11-6-3-4-8-14-11/h3-4,6,8,10H,5,7,9H2,1-2H3,(H,16,17). The van der Waals surface area contributed by atoms with E-state index in [4.69, 9.17) is 5.11 Å². The Balaban J connectivity index is 2.67.